The number of nitrogens with zero attached hydrogens (tertiary/aromatic N) is 1. The quantitative estimate of drug-likeness (QED) is 0.775. The summed E-state index contributed by atoms with van der Waals surface area (Å²) in [5.41, 5.74) is 1.16. The third-order valence-corrected chi connectivity index (χ3v) is 2.48. The van der Waals surface area contributed by atoms with Gasteiger partial charge >= 0.3 is 0 Å². The molecule has 0 fully saturated rings. The number of hydrogen-bond acceptors (Lipinski definition) is 4. The largest absolute Gasteiger partial charge is 0.508 e. The highest BCUT2D eigenvalue weighted by atomic mass is 16.5. The zero-order valence-electron chi connectivity index (χ0n) is 14.6. The molecule has 0 aromatic heterocycles. The SMILES string of the molecule is CC.CCCN(CCCOC)c1ccc(O)cc1.COC. The lowest BCUT2D eigenvalue weighted by molar-refractivity contribution is 0.196. The molecule has 0 bridgehead atoms. The van der Waals surface area contributed by atoms with Crippen LogP contribution < -0.4 is 4.90 Å². The molecule has 0 atom stereocenters. The number of aromatic hydroxyl groups is 1. The van der Waals surface area contributed by atoms with Crippen LogP contribution >= 0.6 is 0 Å². The lowest BCUT2D eigenvalue weighted by atomic mass is 10.2. The van der Waals surface area contributed by atoms with Crippen LogP contribution in [-0.2, 0) is 9.47 Å². The minimum atomic E-state index is 0.317. The van der Waals surface area contributed by atoms with Crippen molar-refractivity contribution in [2.45, 2.75) is 33.6 Å². The molecule has 0 aliphatic rings. The molecule has 0 heterocycles. The Kier molecular flexibility index (Phi) is 17.6. The van der Waals surface area contributed by atoms with Crippen LogP contribution in [-0.4, -0.2) is 46.1 Å². The first kappa shape index (κ1) is 22.0. The predicted molar refractivity (Wildman–Crippen MR) is 91.4 cm³/mol. The molecular formula is C17H33NO3. The van der Waals surface area contributed by atoms with Crippen LogP contribution in [0.5, 0.6) is 5.75 Å². The Balaban J connectivity index is 0. The van der Waals surface area contributed by atoms with E-state index >= 15 is 0 Å². The van der Waals surface area contributed by atoms with Gasteiger partial charge in [-0.2, -0.15) is 0 Å². The highest BCUT2D eigenvalue weighted by Crippen LogP contribution is 2.18. The second-order valence-electron chi connectivity index (χ2n) is 4.26. The Hall–Kier alpha value is -1.26. The average Bonchev–Trinajstić information content (AvgIpc) is 2.50. The van der Waals surface area contributed by atoms with Gasteiger partial charge in [-0.1, -0.05) is 20.8 Å². The molecule has 0 aliphatic carbocycles. The third-order valence-electron chi connectivity index (χ3n) is 2.48. The highest BCUT2D eigenvalue weighted by Gasteiger charge is 2.04. The van der Waals surface area contributed by atoms with Crippen LogP contribution in [0, 0.1) is 0 Å². The Labute approximate surface area is 130 Å². The van der Waals surface area contributed by atoms with Crippen molar-refractivity contribution >= 4 is 5.69 Å². The first-order valence-electron chi connectivity index (χ1n) is 7.62. The van der Waals surface area contributed by atoms with E-state index in [9.17, 15) is 5.11 Å². The zero-order valence-corrected chi connectivity index (χ0v) is 14.6. The van der Waals surface area contributed by atoms with Crippen LogP contribution in [0.25, 0.3) is 0 Å². The maximum absolute atomic E-state index is 9.24. The summed E-state index contributed by atoms with van der Waals surface area (Å²) in [4.78, 5) is 2.32. The number of anilines is 1. The Morgan fingerprint density at radius 1 is 1.00 bits per heavy atom. The molecule has 1 rings (SSSR count). The van der Waals surface area contributed by atoms with E-state index in [0.717, 1.165) is 38.2 Å². The number of hydrogen-bond donors (Lipinski definition) is 1. The molecule has 0 saturated carbocycles. The van der Waals surface area contributed by atoms with Crippen molar-refractivity contribution in [3.63, 3.8) is 0 Å². The van der Waals surface area contributed by atoms with Crippen molar-refractivity contribution in [3.8, 4) is 5.75 Å². The normalized spacial score (nSPS) is 9.05. The van der Waals surface area contributed by atoms with Gasteiger partial charge in [-0.3, -0.25) is 0 Å². The fourth-order valence-corrected chi connectivity index (χ4v) is 1.70. The predicted octanol–water partition coefficient (Wildman–Crippen LogP) is 3.93. The number of ether oxygens (including phenoxy) is 2. The van der Waals surface area contributed by atoms with E-state index in [4.69, 9.17) is 4.74 Å². The van der Waals surface area contributed by atoms with E-state index in [-0.39, 0.29) is 0 Å². The van der Waals surface area contributed by atoms with Crippen molar-refractivity contribution in [2.24, 2.45) is 0 Å². The molecule has 1 aromatic rings. The summed E-state index contributed by atoms with van der Waals surface area (Å²) in [6, 6.07) is 7.37. The van der Waals surface area contributed by atoms with E-state index < -0.39 is 0 Å². The van der Waals surface area contributed by atoms with Crippen molar-refractivity contribution in [2.75, 3.05) is 45.9 Å². The second kappa shape index (κ2) is 16.8. The maximum Gasteiger partial charge on any atom is 0.115 e. The number of benzene rings is 1. The second-order valence-corrected chi connectivity index (χ2v) is 4.26. The molecular weight excluding hydrogens is 266 g/mol. The van der Waals surface area contributed by atoms with Crippen molar-refractivity contribution < 1.29 is 14.6 Å². The molecule has 0 amide bonds. The standard InChI is InChI=1S/C13H21NO2.C2H6O.C2H6/c1-3-9-14(10-4-11-16-2)12-5-7-13(15)8-6-12;1-3-2;1-2/h5-8,15H,3-4,9-11H2,1-2H3;1-2H3;1-2H3. The maximum atomic E-state index is 9.24. The van der Waals surface area contributed by atoms with Crippen LogP contribution in [0.3, 0.4) is 0 Å². The lowest BCUT2D eigenvalue weighted by Crippen LogP contribution is -2.25. The van der Waals surface area contributed by atoms with E-state index in [2.05, 4.69) is 16.6 Å². The van der Waals surface area contributed by atoms with E-state index in [1.165, 1.54) is 0 Å². The summed E-state index contributed by atoms with van der Waals surface area (Å²) in [7, 11) is 4.98. The molecule has 21 heavy (non-hydrogen) atoms. The molecule has 124 valence electrons. The minimum absolute atomic E-state index is 0.317. The van der Waals surface area contributed by atoms with Crippen molar-refractivity contribution in [1.82, 2.24) is 0 Å². The molecule has 1 N–H and O–H groups in total. The number of methoxy groups -OCH3 is 2. The number of rotatable bonds is 7. The molecule has 4 nitrogen and oxygen atoms in total. The van der Waals surface area contributed by atoms with Gasteiger partial charge in [-0.25, -0.2) is 0 Å². The Morgan fingerprint density at radius 3 is 1.95 bits per heavy atom. The van der Waals surface area contributed by atoms with Crippen LogP contribution in [0.1, 0.15) is 33.6 Å². The Morgan fingerprint density at radius 2 is 1.52 bits per heavy atom. The summed E-state index contributed by atoms with van der Waals surface area (Å²) in [6.07, 6.45) is 2.14. The molecule has 0 radical (unpaired) electrons. The molecule has 0 aliphatic heterocycles. The zero-order chi connectivity index (χ0) is 16.5. The summed E-state index contributed by atoms with van der Waals surface area (Å²) < 4.78 is 9.31. The average molecular weight is 299 g/mol. The van der Waals surface area contributed by atoms with Gasteiger partial charge < -0.3 is 19.5 Å². The fraction of sp³-hybridized carbons (Fsp3) is 0.647. The van der Waals surface area contributed by atoms with Crippen LogP contribution in [0.4, 0.5) is 5.69 Å². The minimum Gasteiger partial charge on any atom is -0.508 e. The van der Waals surface area contributed by atoms with Gasteiger partial charge in [0.25, 0.3) is 0 Å². The monoisotopic (exact) mass is 299 g/mol. The van der Waals surface area contributed by atoms with Crippen molar-refractivity contribution in [1.29, 1.82) is 0 Å². The third kappa shape index (κ3) is 12.2. The van der Waals surface area contributed by atoms with Gasteiger partial charge in [-0.05, 0) is 37.1 Å². The highest BCUT2D eigenvalue weighted by molar-refractivity contribution is 5.48. The molecule has 0 spiro atoms. The number of phenols is 1. The van der Waals surface area contributed by atoms with Gasteiger partial charge in [0.2, 0.25) is 0 Å². The van der Waals surface area contributed by atoms with Gasteiger partial charge in [0.15, 0.2) is 0 Å². The number of phenolic OH excluding ortho intramolecular Hbond substituents is 1. The van der Waals surface area contributed by atoms with Crippen LogP contribution in [0.2, 0.25) is 0 Å². The van der Waals surface area contributed by atoms with Crippen LogP contribution in [0.15, 0.2) is 24.3 Å². The smallest absolute Gasteiger partial charge is 0.115 e. The first-order valence-corrected chi connectivity index (χ1v) is 7.62. The summed E-state index contributed by atoms with van der Waals surface area (Å²) in [5.74, 6) is 0.317. The van der Waals surface area contributed by atoms with Crippen molar-refractivity contribution in [3.05, 3.63) is 24.3 Å². The fourth-order valence-electron chi connectivity index (χ4n) is 1.70. The lowest BCUT2D eigenvalue weighted by Gasteiger charge is -2.24. The van der Waals surface area contributed by atoms with Gasteiger partial charge in [0, 0.05) is 46.7 Å². The van der Waals surface area contributed by atoms with Gasteiger partial charge in [0.1, 0.15) is 5.75 Å². The molecule has 4 heteroatoms. The molecule has 1 aromatic carbocycles. The first-order chi connectivity index (χ1) is 10.2. The molecule has 0 unspecified atom stereocenters. The van der Waals surface area contributed by atoms with E-state index in [1.54, 1.807) is 33.5 Å². The Bertz CT molecular complexity index is 301. The van der Waals surface area contributed by atoms with E-state index in [0.29, 0.717) is 5.75 Å². The van der Waals surface area contributed by atoms with Gasteiger partial charge in [0.05, 0.1) is 0 Å². The summed E-state index contributed by atoms with van der Waals surface area (Å²) >= 11 is 0. The summed E-state index contributed by atoms with van der Waals surface area (Å²) in [6.45, 7) is 8.99. The molecule has 0 saturated heterocycles. The van der Waals surface area contributed by atoms with Gasteiger partial charge in [-0.15, -0.1) is 0 Å². The summed E-state index contributed by atoms with van der Waals surface area (Å²) in [5, 5.41) is 9.24. The topological polar surface area (TPSA) is 41.9 Å². The van der Waals surface area contributed by atoms with E-state index in [1.807, 2.05) is 26.0 Å².